The first-order chi connectivity index (χ1) is 8.08. The molecule has 0 aliphatic carbocycles. The first-order valence-electron chi connectivity index (χ1n) is 5.42. The van der Waals surface area contributed by atoms with Gasteiger partial charge in [-0.3, -0.25) is 14.6 Å². The molecule has 0 bridgehead atoms. The van der Waals surface area contributed by atoms with Gasteiger partial charge in [0, 0.05) is 25.0 Å². The number of nitrogens with zero attached hydrogens (tertiary/aromatic N) is 3. The van der Waals surface area contributed by atoms with Crippen molar-refractivity contribution in [1.29, 1.82) is 0 Å². The fourth-order valence-electron chi connectivity index (χ4n) is 1.47. The van der Waals surface area contributed by atoms with Crippen molar-refractivity contribution in [3.8, 4) is 0 Å². The lowest BCUT2D eigenvalue weighted by molar-refractivity contribution is 0.101. The van der Waals surface area contributed by atoms with Gasteiger partial charge in [0.05, 0.1) is 0 Å². The SMILES string of the molecule is CC(C)c1cc(NC(=O)c2ccnn2C)n[nH]1. The number of H-pyrrole nitrogens is 1. The molecule has 0 spiro atoms. The summed E-state index contributed by atoms with van der Waals surface area (Å²) in [5.74, 6) is 0.663. The van der Waals surface area contributed by atoms with Crippen LogP contribution in [0.15, 0.2) is 18.3 Å². The molecule has 2 rings (SSSR count). The van der Waals surface area contributed by atoms with Gasteiger partial charge >= 0.3 is 0 Å². The number of amides is 1. The van der Waals surface area contributed by atoms with Crippen molar-refractivity contribution in [3.05, 3.63) is 29.7 Å². The summed E-state index contributed by atoms with van der Waals surface area (Å²) in [5.41, 5.74) is 1.49. The minimum absolute atomic E-state index is 0.216. The molecule has 2 N–H and O–H groups in total. The van der Waals surface area contributed by atoms with E-state index in [-0.39, 0.29) is 5.91 Å². The van der Waals surface area contributed by atoms with Gasteiger partial charge in [0.1, 0.15) is 5.69 Å². The van der Waals surface area contributed by atoms with E-state index in [2.05, 4.69) is 34.5 Å². The van der Waals surface area contributed by atoms with Crippen LogP contribution >= 0.6 is 0 Å². The normalized spacial score (nSPS) is 10.8. The maximum Gasteiger partial charge on any atom is 0.275 e. The second kappa shape index (κ2) is 4.40. The molecule has 2 heterocycles. The van der Waals surface area contributed by atoms with Crippen LogP contribution in [-0.4, -0.2) is 25.9 Å². The van der Waals surface area contributed by atoms with E-state index in [1.807, 2.05) is 6.07 Å². The second-order valence-electron chi connectivity index (χ2n) is 4.16. The molecule has 0 aliphatic heterocycles. The van der Waals surface area contributed by atoms with E-state index in [0.29, 0.717) is 17.4 Å². The fraction of sp³-hybridized carbons (Fsp3) is 0.364. The fourth-order valence-corrected chi connectivity index (χ4v) is 1.47. The molecule has 0 unspecified atom stereocenters. The number of rotatable bonds is 3. The number of anilines is 1. The summed E-state index contributed by atoms with van der Waals surface area (Å²) < 4.78 is 1.52. The Kier molecular flexibility index (Phi) is 2.95. The average molecular weight is 233 g/mol. The predicted octanol–water partition coefficient (Wildman–Crippen LogP) is 1.52. The summed E-state index contributed by atoms with van der Waals surface area (Å²) in [6.45, 7) is 4.11. The number of aryl methyl sites for hydroxylation is 1. The van der Waals surface area contributed by atoms with Crippen LogP contribution in [0.1, 0.15) is 35.9 Å². The number of hydrogen-bond donors (Lipinski definition) is 2. The van der Waals surface area contributed by atoms with Gasteiger partial charge in [-0.25, -0.2) is 0 Å². The largest absolute Gasteiger partial charge is 0.304 e. The zero-order valence-corrected chi connectivity index (χ0v) is 10.1. The minimum atomic E-state index is -0.216. The van der Waals surface area contributed by atoms with E-state index in [9.17, 15) is 4.79 Å². The summed E-state index contributed by atoms with van der Waals surface area (Å²) in [4.78, 5) is 11.8. The highest BCUT2D eigenvalue weighted by molar-refractivity contribution is 6.02. The molecular weight excluding hydrogens is 218 g/mol. The summed E-state index contributed by atoms with van der Waals surface area (Å²) in [7, 11) is 1.72. The number of hydrogen-bond acceptors (Lipinski definition) is 3. The van der Waals surface area contributed by atoms with E-state index in [1.54, 1.807) is 19.3 Å². The number of carbonyl (C=O) groups excluding carboxylic acids is 1. The van der Waals surface area contributed by atoms with Crippen LogP contribution < -0.4 is 5.32 Å². The third-order valence-electron chi connectivity index (χ3n) is 2.51. The van der Waals surface area contributed by atoms with E-state index >= 15 is 0 Å². The van der Waals surface area contributed by atoms with Crippen LogP contribution in [0, 0.1) is 0 Å². The van der Waals surface area contributed by atoms with Crippen molar-refractivity contribution in [2.24, 2.45) is 7.05 Å². The van der Waals surface area contributed by atoms with Crippen molar-refractivity contribution in [3.63, 3.8) is 0 Å². The van der Waals surface area contributed by atoms with E-state index < -0.39 is 0 Å². The Morgan fingerprint density at radius 1 is 1.53 bits per heavy atom. The van der Waals surface area contributed by atoms with Crippen LogP contribution in [-0.2, 0) is 7.05 Å². The molecule has 0 aliphatic rings. The Hall–Kier alpha value is -2.11. The van der Waals surface area contributed by atoms with Crippen LogP contribution in [0.25, 0.3) is 0 Å². The Balaban J connectivity index is 2.11. The van der Waals surface area contributed by atoms with E-state index in [1.165, 1.54) is 4.68 Å². The van der Waals surface area contributed by atoms with Gasteiger partial charge in [0.2, 0.25) is 0 Å². The van der Waals surface area contributed by atoms with Gasteiger partial charge in [-0.05, 0) is 12.0 Å². The van der Waals surface area contributed by atoms with Crippen molar-refractivity contribution >= 4 is 11.7 Å². The van der Waals surface area contributed by atoms with Gasteiger partial charge < -0.3 is 5.32 Å². The Labute approximate surface area is 99.0 Å². The lowest BCUT2D eigenvalue weighted by atomic mass is 10.1. The lowest BCUT2D eigenvalue weighted by Crippen LogP contribution is -2.16. The Morgan fingerprint density at radius 2 is 2.29 bits per heavy atom. The standard InChI is InChI=1S/C11H15N5O/c1-7(2)8-6-10(15-14-8)13-11(17)9-4-5-12-16(9)3/h4-7H,1-3H3,(H2,13,14,15,17). The Morgan fingerprint density at radius 3 is 2.82 bits per heavy atom. The van der Waals surface area contributed by atoms with Crippen LogP contribution in [0.4, 0.5) is 5.82 Å². The van der Waals surface area contributed by atoms with Crippen molar-refractivity contribution in [2.45, 2.75) is 19.8 Å². The number of nitrogens with one attached hydrogen (secondary N) is 2. The van der Waals surface area contributed by atoms with Crippen LogP contribution in [0.3, 0.4) is 0 Å². The maximum atomic E-state index is 11.8. The summed E-state index contributed by atoms with van der Waals surface area (Å²) in [5, 5.41) is 13.6. The molecule has 17 heavy (non-hydrogen) atoms. The summed E-state index contributed by atoms with van der Waals surface area (Å²) in [6.07, 6.45) is 1.58. The molecule has 1 amide bonds. The van der Waals surface area contributed by atoms with Gasteiger partial charge in [-0.15, -0.1) is 0 Å². The summed E-state index contributed by atoms with van der Waals surface area (Å²) >= 11 is 0. The maximum absolute atomic E-state index is 11.8. The minimum Gasteiger partial charge on any atom is -0.304 e. The lowest BCUT2D eigenvalue weighted by Gasteiger charge is -2.01. The zero-order valence-electron chi connectivity index (χ0n) is 10.1. The van der Waals surface area contributed by atoms with Gasteiger partial charge in [-0.1, -0.05) is 13.8 Å². The van der Waals surface area contributed by atoms with Crippen molar-refractivity contribution < 1.29 is 4.79 Å². The highest BCUT2D eigenvalue weighted by Gasteiger charge is 2.12. The Bertz CT molecular complexity index is 525. The summed E-state index contributed by atoms with van der Waals surface area (Å²) in [6, 6.07) is 3.49. The van der Waals surface area contributed by atoms with Crippen molar-refractivity contribution in [2.75, 3.05) is 5.32 Å². The number of carbonyl (C=O) groups is 1. The van der Waals surface area contributed by atoms with Crippen LogP contribution in [0.2, 0.25) is 0 Å². The van der Waals surface area contributed by atoms with E-state index in [4.69, 9.17) is 0 Å². The molecule has 0 saturated heterocycles. The molecule has 2 aromatic heterocycles. The highest BCUT2D eigenvalue weighted by Crippen LogP contribution is 2.15. The molecule has 0 radical (unpaired) electrons. The first kappa shape index (κ1) is 11.4. The third-order valence-corrected chi connectivity index (χ3v) is 2.51. The van der Waals surface area contributed by atoms with E-state index in [0.717, 1.165) is 5.69 Å². The molecule has 90 valence electrons. The molecule has 0 aromatic carbocycles. The molecule has 6 nitrogen and oxygen atoms in total. The van der Waals surface area contributed by atoms with Gasteiger partial charge in [0.15, 0.2) is 5.82 Å². The molecule has 0 fully saturated rings. The molecule has 2 aromatic rings. The predicted molar refractivity (Wildman–Crippen MR) is 63.8 cm³/mol. The first-order valence-corrected chi connectivity index (χ1v) is 5.42. The van der Waals surface area contributed by atoms with Gasteiger partial charge in [-0.2, -0.15) is 10.2 Å². The zero-order chi connectivity index (χ0) is 12.4. The van der Waals surface area contributed by atoms with Gasteiger partial charge in [0.25, 0.3) is 5.91 Å². The molecule has 6 heteroatoms. The second-order valence-corrected chi connectivity index (χ2v) is 4.16. The molecule has 0 atom stereocenters. The third kappa shape index (κ3) is 2.35. The quantitative estimate of drug-likeness (QED) is 0.843. The molecular formula is C11H15N5O. The average Bonchev–Trinajstić information content (AvgIpc) is 2.86. The highest BCUT2D eigenvalue weighted by atomic mass is 16.2. The molecule has 0 saturated carbocycles. The van der Waals surface area contributed by atoms with Crippen molar-refractivity contribution in [1.82, 2.24) is 20.0 Å². The number of aromatic nitrogens is 4. The number of aromatic amines is 1. The van der Waals surface area contributed by atoms with Crippen LogP contribution in [0.5, 0.6) is 0 Å². The topological polar surface area (TPSA) is 75.6 Å². The smallest absolute Gasteiger partial charge is 0.275 e. The monoisotopic (exact) mass is 233 g/mol.